The Hall–Kier alpha value is -3.98. The van der Waals surface area contributed by atoms with Crippen LogP contribution in [0, 0.1) is 0 Å². The van der Waals surface area contributed by atoms with Crippen molar-refractivity contribution in [3.63, 3.8) is 0 Å². The van der Waals surface area contributed by atoms with Crippen LogP contribution in [0.1, 0.15) is 64.1 Å². The van der Waals surface area contributed by atoms with Crippen molar-refractivity contribution in [2.45, 2.75) is 44.1 Å². The number of fused-ring (bicyclic) bond motifs is 2. The van der Waals surface area contributed by atoms with Gasteiger partial charge in [0.1, 0.15) is 22.5 Å². The molecule has 6 rings (SSSR count). The second-order valence-corrected chi connectivity index (χ2v) is 10.8. The summed E-state index contributed by atoms with van der Waals surface area (Å²) in [6.07, 6.45) is 3.59. The van der Waals surface area contributed by atoms with Crippen LogP contribution in [-0.2, 0) is 21.5 Å². The molecule has 202 valence electrons. The van der Waals surface area contributed by atoms with Gasteiger partial charge in [0.05, 0.1) is 13.5 Å². The first kappa shape index (κ1) is 25.3. The average molecular weight is 530 g/mol. The zero-order valence-corrected chi connectivity index (χ0v) is 22.0. The third kappa shape index (κ3) is 4.61. The van der Waals surface area contributed by atoms with Crippen LogP contribution in [0.5, 0.6) is 5.75 Å². The van der Waals surface area contributed by atoms with Gasteiger partial charge in [0, 0.05) is 36.0 Å². The van der Waals surface area contributed by atoms with Crippen LogP contribution in [0.15, 0.2) is 46.9 Å². The van der Waals surface area contributed by atoms with E-state index in [0.29, 0.717) is 41.2 Å². The Morgan fingerprint density at radius 1 is 1.08 bits per heavy atom. The van der Waals surface area contributed by atoms with E-state index in [9.17, 15) is 19.2 Å². The summed E-state index contributed by atoms with van der Waals surface area (Å²) in [5.41, 5.74) is 1.02. The normalized spacial score (nSPS) is 21.2. The van der Waals surface area contributed by atoms with Crippen molar-refractivity contribution in [3.05, 3.63) is 64.9 Å². The first-order valence-electron chi connectivity index (χ1n) is 13.5. The van der Waals surface area contributed by atoms with E-state index < -0.39 is 17.2 Å². The topological polar surface area (TPSA) is 109 Å². The van der Waals surface area contributed by atoms with Crippen LogP contribution in [0.3, 0.4) is 0 Å². The Bertz CT molecular complexity index is 1490. The Labute approximate surface area is 226 Å². The van der Waals surface area contributed by atoms with E-state index in [4.69, 9.17) is 9.15 Å². The SMILES string of the molecule is COc1ccc2c(c1)C(=O)N(C[C@@]1(c3cc4ccc(C(=O)CCCN5CCCC5)cc4o3)CC(=O)NC1=O)C2. The Morgan fingerprint density at radius 3 is 2.64 bits per heavy atom. The largest absolute Gasteiger partial charge is 0.497 e. The van der Waals surface area contributed by atoms with Crippen molar-refractivity contribution in [3.8, 4) is 5.75 Å². The van der Waals surface area contributed by atoms with Crippen molar-refractivity contribution in [1.29, 1.82) is 0 Å². The number of likely N-dealkylation sites (tertiary alicyclic amines) is 1. The molecule has 1 aromatic heterocycles. The molecule has 1 atom stereocenters. The standard InChI is InChI=1S/C30H31N3O6/c1-38-22-9-8-21-17-33(28(36)23(21)15-22)18-30(16-27(35)31-29(30)37)26-14-20-7-6-19(13-25(20)39-26)24(34)5-4-12-32-10-2-3-11-32/h6-9,13-15H,2-5,10-12,16-18H2,1H3,(H,31,35,37)/t30-/m1/s1. The van der Waals surface area contributed by atoms with E-state index in [0.717, 1.165) is 37.0 Å². The summed E-state index contributed by atoms with van der Waals surface area (Å²) in [5.74, 6) is -0.208. The average Bonchev–Trinajstić information content (AvgIpc) is 3.71. The zero-order chi connectivity index (χ0) is 27.1. The number of Topliss-reactive ketones (excluding diaryl/α,β-unsaturated/α-hetero) is 1. The van der Waals surface area contributed by atoms with Crippen LogP contribution in [-0.4, -0.2) is 66.6 Å². The fourth-order valence-electron chi connectivity index (χ4n) is 6.02. The number of hydrogen-bond acceptors (Lipinski definition) is 7. The number of rotatable bonds is 9. The number of furan rings is 1. The molecule has 2 fully saturated rings. The molecule has 0 unspecified atom stereocenters. The van der Waals surface area contributed by atoms with Crippen LogP contribution < -0.4 is 10.1 Å². The molecule has 3 aliphatic rings. The monoisotopic (exact) mass is 529 g/mol. The summed E-state index contributed by atoms with van der Waals surface area (Å²) in [6, 6.07) is 12.4. The summed E-state index contributed by atoms with van der Waals surface area (Å²) in [5, 5.41) is 3.13. The van der Waals surface area contributed by atoms with Gasteiger partial charge in [0.2, 0.25) is 11.8 Å². The van der Waals surface area contributed by atoms with Gasteiger partial charge in [0.15, 0.2) is 5.78 Å². The summed E-state index contributed by atoms with van der Waals surface area (Å²) in [7, 11) is 1.54. The molecular weight excluding hydrogens is 498 g/mol. The maximum absolute atomic E-state index is 13.3. The van der Waals surface area contributed by atoms with E-state index in [-0.39, 0.29) is 24.7 Å². The molecule has 3 aromatic rings. The third-order valence-corrected chi connectivity index (χ3v) is 8.20. The van der Waals surface area contributed by atoms with E-state index >= 15 is 0 Å². The van der Waals surface area contributed by atoms with Crippen LogP contribution in [0.4, 0.5) is 0 Å². The van der Waals surface area contributed by atoms with Crippen LogP contribution >= 0.6 is 0 Å². The minimum atomic E-state index is -1.36. The number of methoxy groups -OCH3 is 1. The van der Waals surface area contributed by atoms with Gasteiger partial charge < -0.3 is 19.0 Å². The molecule has 4 heterocycles. The highest BCUT2D eigenvalue weighted by atomic mass is 16.5. The van der Waals surface area contributed by atoms with Gasteiger partial charge >= 0.3 is 0 Å². The number of benzene rings is 2. The van der Waals surface area contributed by atoms with Crippen LogP contribution in [0.25, 0.3) is 11.0 Å². The molecule has 3 amide bonds. The fourth-order valence-corrected chi connectivity index (χ4v) is 6.02. The summed E-state index contributed by atoms with van der Waals surface area (Å²) >= 11 is 0. The van der Waals surface area contributed by atoms with Crippen molar-refractivity contribution in [2.75, 3.05) is 33.3 Å². The minimum absolute atomic E-state index is 0.0114. The first-order valence-corrected chi connectivity index (χ1v) is 13.5. The lowest BCUT2D eigenvalue weighted by atomic mass is 9.82. The summed E-state index contributed by atoms with van der Waals surface area (Å²) < 4.78 is 11.4. The van der Waals surface area contributed by atoms with Gasteiger partial charge in [-0.25, -0.2) is 0 Å². The number of carbonyl (C=O) groups excluding carboxylic acids is 4. The van der Waals surface area contributed by atoms with Gasteiger partial charge in [-0.1, -0.05) is 18.2 Å². The molecule has 0 aliphatic carbocycles. The molecule has 9 heteroatoms. The summed E-state index contributed by atoms with van der Waals surface area (Å²) in [4.78, 5) is 55.8. The molecule has 39 heavy (non-hydrogen) atoms. The highest BCUT2D eigenvalue weighted by Crippen LogP contribution is 2.39. The Morgan fingerprint density at radius 2 is 1.90 bits per heavy atom. The Kier molecular flexibility index (Phi) is 6.46. The molecule has 2 saturated heterocycles. The second-order valence-electron chi connectivity index (χ2n) is 10.8. The Balaban J connectivity index is 1.25. The number of nitrogens with zero attached hydrogens (tertiary/aromatic N) is 2. The number of nitrogens with one attached hydrogen (secondary N) is 1. The maximum Gasteiger partial charge on any atom is 0.254 e. The molecular formula is C30H31N3O6. The number of ketones is 1. The second kappa shape index (κ2) is 9.96. The van der Waals surface area contributed by atoms with Crippen molar-refractivity contribution < 1.29 is 28.3 Å². The van der Waals surface area contributed by atoms with Crippen molar-refractivity contribution >= 4 is 34.5 Å². The van der Waals surface area contributed by atoms with Gasteiger partial charge in [-0.3, -0.25) is 24.5 Å². The highest BCUT2D eigenvalue weighted by molar-refractivity contribution is 6.10. The van der Waals surface area contributed by atoms with Crippen LogP contribution in [0.2, 0.25) is 0 Å². The quantitative estimate of drug-likeness (QED) is 0.334. The molecule has 9 nitrogen and oxygen atoms in total. The van der Waals surface area contributed by atoms with E-state index in [1.807, 2.05) is 12.1 Å². The first-order chi connectivity index (χ1) is 18.9. The van der Waals surface area contributed by atoms with E-state index in [1.54, 1.807) is 35.2 Å². The maximum atomic E-state index is 13.3. The number of hydrogen-bond donors (Lipinski definition) is 1. The van der Waals surface area contributed by atoms with Gasteiger partial charge in [0.25, 0.3) is 5.91 Å². The molecule has 2 aromatic carbocycles. The number of ether oxygens (including phenoxy) is 1. The smallest absolute Gasteiger partial charge is 0.254 e. The lowest BCUT2D eigenvalue weighted by molar-refractivity contribution is -0.127. The predicted molar refractivity (Wildman–Crippen MR) is 143 cm³/mol. The predicted octanol–water partition coefficient (Wildman–Crippen LogP) is 3.44. The van der Waals surface area contributed by atoms with Gasteiger partial charge in [-0.2, -0.15) is 0 Å². The molecule has 0 radical (unpaired) electrons. The fraction of sp³-hybridized carbons (Fsp3) is 0.400. The molecule has 0 saturated carbocycles. The van der Waals surface area contributed by atoms with E-state index in [2.05, 4.69) is 10.2 Å². The van der Waals surface area contributed by atoms with Gasteiger partial charge in [-0.05, 0) is 68.7 Å². The summed E-state index contributed by atoms with van der Waals surface area (Å²) in [6.45, 7) is 3.45. The lowest BCUT2D eigenvalue weighted by Gasteiger charge is -2.28. The molecule has 0 bridgehead atoms. The highest BCUT2D eigenvalue weighted by Gasteiger charge is 2.53. The molecule has 3 aliphatic heterocycles. The van der Waals surface area contributed by atoms with Gasteiger partial charge in [-0.15, -0.1) is 0 Å². The molecule has 1 N–H and O–H groups in total. The number of imide groups is 1. The zero-order valence-electron chi connectivity index (χ0n) is 22.0. The lowest BCUT2D eigenvalue weighted by Crippen LogP contribution is -2.46. The molecule has 0 spiro atoms. The van der Waals surface area contributed by atoms with E-state index in [1.165, 1.54) is 20.0 Å². The third-order valence-electron chi connectivity index (χ3n) is 8.20. The van der Waals surface area contributed by atoms with Crippen molar-refractivity contribution in [2.24, 2.45) is 0 Å². The van der Waals surface area contributed by atoms with Crippen molar-refractivity contribution in [1.82, 2.24) is 15.1 Å². The minimum Gasteiger partial charge on any atom is -0.497 e. The number of amides is 3. The number of carbonyl (C=O) groups is 4.